The van der Waals surface area contributed by atoms with Gasteiger partial charge in [0.25, 0.3) is 0 Å². The smallest absolute Gasteiger partial charge is 0.310 e. The molecule has 232 valence electrons. The topological polar surface area (TPSA) is 42.4 Å². The molecule has 0 saturated heterocycles. The van der Waals surface area contributed by atoms with E-state index in [4.69, 9.17) is 13.1 Å². The van der Waals surface area contributed by atoms with Crippen molar-refractivity contribution in [2.45, 2.75) is 13.1 Å². The van der Waals surface area contributed by atoms with E-state index in [9.17, 15) is 18.4 Å². The highest BCUT2D eigenvalue weighted by Crippen LogP contribution is 2.43. The van der Waals surface area contributed by atoms with Gasteiger partial charge in [0.2, 0.25) is 0 Å². The quantitative estimate of drug-likeness (QED) is 0.177. The first-order chi connectivity index (χ1) is 23.7. The predicted molar refractivity (Wildman–Crippen MR) is 188 cm³/mol. The zero-order valence-electron chi connectivity index (χ0n) is 25.8. The monoisotopic (exact) mass is 641 g/mol. The van der Waals surface area contributed by atoms with Crippen molar-refractivity contribution in [2.24, 2.45) is 0 Å². The molecule has 0 aliphatic rings. The SMILES string of the molecule is [C-]#[N+]c1ccc2c3ccccc3n(-c3cc(-c4cc(C)cc(C(F)(F)F)c4)c(-n4c5ccccc5c5ccc([N+]#[C-])cc54)cc3C#N)c2c1. The second-order valence-corrected chi connectivity index (χ2v) is 11.9. The number of alkyl halides is 3. The molecule has 8 rings (SSSR count). The molecular weight excluding hydrogens is 619 g/mol. The van der Waals surface area contributed by atoms with E-state index in [2.05, 4.69) is 15.8 Å². The maximum Gasteiger partial charge on any atom is 0.416 e. The Hall–Kier alpha value is -6.82. The van der Waals surface area contributed by atoms with Crippen molar-refractivity contribution in [3.63, 3.8) is 0 Å². The third-order valence-electron chi connectivity index (χ3n) is 9.00. The van der Waals surface area contributed by atoms with Crippen LogP contribution in [0.3, 0.4) is 0 Å². The molecule has 8 aromatic rings. The molecule has 0 unspecified atom stereocenters. The summed E-state index contributed by atoms with van der Waals surface area (Å²) < 4.78 is 46.7. The Morgan fingerprint density at radius 2 is 1.14 bits per heavy atom. The Balaban J connectivity index is 1.56. The number of halogens is 3. The third kappa shape index (κ3) is 4.60. The van der Waals surface area contributed by atoms with E-state index in [0.717, 1.165) is 44.7 Å². The van der Waals surface area contributed by atoms with E-state index < -0.39 is 11.7 Å². The van der Waals surface area contributed by atoms with Crippen molar-refractivity contribution < 1.29 is 13.2 Å². The Bertz CT molecular complexity index is 2820. The van der Waals surface area contributed by atoms with Gasteiger partial charge in [-0.25, -0.2) is 9.69 Å². The van der Waals surface area contributed by atoms with Crippen LogP contribution in [0.5, 0.6) is 0 Å². The fraction of sp³-hybridized carbons (Fsp3) is 0.0488. The summed E-state index contributed by atoms with van der Waals surface area (Å²) in [6.07, 6.45) is -4.59. The van der Waals surface area contributed by atoms with Crippen LogP contribution in [0.25, 0.3) is 75.8 Å². The molecule has 5 nitrogen and oxygen atoms in total. The minimum absolute atomic E-state index is 0.283. The normalized spacial score (nSPS) is 11.6. The number of hydrogen-bond acceptors (Lipinski definition) is 1. The van der Waals surface area contributed by atoms with E-state index in [1.54, 1.807) is 49.4 Å². The van der Waals surface area contributed by atoms with Gasteiger partial charge < -0.3 is 9.13 Å². The number of hydrogen-bond donors (Lipinski definition) is 0. The van der Waals surface area contributed by atoms with E-state index in [1.165, 1.54) is 0 Å². The lowest BCUT2D eigenvalue weighted by Gasteiger charge is -2.20. The Kier molecular flexibility index (Phi) is 6.56. The molecule has 0 aliphatic heterocycles. The highest BCUT2D eigenvalue weighted by molar-refractivity contribution is 6.12. The van der Waals surface area contributed by atoms with Gasteiger partial charge in [-0.2, -0.15) is 18.4 Å². The molecule has 0 aliphatic carbocycles. The summed E-state index contributed by atoms with van der Waals surface area (Å²) in [7, 11) is 0. The molecule has 0 radical (unpaired) electrons. The number of rotatable bonds is 3. The van der Waals surface area contributed by atoms with E-state index >= 15 is 0 Å². The average molecular weight is 642 g/mol. The van der Waals surface area contributed by atoms with Crippen LogP contribution in [0.1, 0.15) is 16.7 Å². The van der Waals surface area contributed by atoms with Crippen LogP contribution in [0, 0.1) is 31.4 Å². The molecule has 0 N–H and O–H groups in total. The zero-order chi connectivity index (χ0) is 34.0. The number of nitriles is 1. The maximum atomic E-state index is 14.3. The third-order valence-corrected chi connectivity index (χ3v) is 9.00. The number of aromatic nitrogens is 2. The van der Waals surface area contributed by atoms with Crippen LogP contribution in [-0.4, -0.2) is 9.13 Å². The number of aryl methyl sites for hydroxylation is 1. The summed E-state index contributed by atoms with van der Waals surface area (Å²) in [5.74, 6) is 0. The molecule has 0 saturated carbocycles. The van der Waals surface area contributed by atoms with Gasteiger partial charge in [-0.3, -0.25) is 0 Å². The Labute approximate surface area is 278 Å². The van der Waals surface area contributed by atoms with Crippen LogP contribution in [0.4, 0.5) is 24.5 Å². The first-order valence-electron chi connectivity index (χ1n) is 15.3. The van der Waals surface area contributed by atoms with Gasteiger partial charge in [0.1, 0.15) is 6.07 Å². The van der Waals surface area contributed by atoms with Crippen molar-refractivity contribution >= 4 is 55.0 Å². The van der Waals surface area contributed by atoms with Gasteiger partial charge in [0.05, 0.1) is 46.7 Å². The van der Waals surface area contributed by atoms with E-state index in [1.807, 2.05) is 69.8 Å². The molecule has 0 bridgehead atoms. The molecule has 0 atom stereocenters. The molecule has 0 fully saturated rings. The van der Waals surface area contributed by atoms with E-state index in [-0.39, 0.29) is 5.56 Å². The highest BCUT2D eigenvalue weighted by atomic mass is 19.4. The number of nitrogens with zero attached hydrogens (tertiary/aromatic N) is 5. The van der Waals surface area contributed by atoms with Crippen LogP contribution in [0.2, 0.25) is 0 Å². The van der Waals surface area contributed by atoms with Gasteiger partial charge >= 0.3 is 6.18 Å². The maximum absolute atomic E-state index is 14.3. The number of para-hydroxylation sites is 2. The molecule has 6 aromatic carbocycles. The highest BCUT2D eigenvalue weighted by Gasteiger charge is 2.31. The molecular formula is C41H22F3N5. The number of benzene rings is 6. The lowest BCUT2D eigenvalue weighted by atomic mass is 9.96. The molecule has 2 heterocycles. The second-order valence-electron chi connectivity index (χ2n) is 11.9. The average Bonchev–Trinajstić information content (AvgIpc) is 3.62. The first-order valence-corrected chi connectivity index (χ1v) is 15.3. The Morgan fingerprint density at radius 3 is 1.67 bits per heavy atom. The lowest BCUT2D eigenvalue weighted by molar-refractivity contribution is -0.137. The summed E-state index contributed by atoms with van der Waals surface area (Å²) in [5.41, 5.74) is 5.45. The van der Waals surface area contributed by atoms with Crippen LogP contribution >= 0.6 is 0 Å². The number of fused-ring (bicyclic) bond motifs is 6. The fourth-order valence-electron chi connectivity index (χ4n) is 6.95. The van der Waals surface area contributed by atoms with E-state index in [0.29, 0.717) is 50.5 Å². The van der Waals surface area contributed by atoms with Crippen LogP contribution < -0.4 is 0 Å². The van der Waals surface area contributed by atoms with Crippen molar-refractivity contribution in [3.8, 4) is 28.6 Å². The fourth-order valence-corrected chi connectivity index (χ4v) is 6.95. The van der Waals surface area contributed by atoms with Gasteiger partial charge in [-0.15, -0.1) is 0 Å². The summed E-state index contributed by atoms with van der Waals surface area (Å²) in [4.78, 5) is 7.28. The van der Waals surface area contributed by atoms with Gasteiger partial charge in [0, 0.05) is 38.1 Å². The van der Waals surface area contributed by atoms with Gasteiger partial charge in [-0.1, -0.05) is 66.7 Å². The van der Waals surface area contributed by atoms with Gasteiger partial charge in [-0.05, 0) is 66.6 Å². The summed E-state index contributed by atoms with van der Waals surface area (Å²) in [5, 5.41) is 14.3. The zero-order valence-corrected chi connectivity index (χ0v) is 25.8. The first kappa shape index (κ1) is 29.6. The van der Waals surface area contributed by atoms with Crippen molar-refractivity contribution in [1.29, 1.82) is 5.26 Å². The standard InChI is InChI=1S/C41H22F3N5/c1-24-16-25(18-27(17-24)41(42,43)44)34-22-37(48-35-10-6-4-8-30(35)32-14-12-28(46-2)20-39(32)48)26(23-45)19-38(34)49-36-11-7-5-9-31(36)33-15-13-29(47-3)21-40(33)49/h4-22H,1H3. The molecule has 2 aromatic heterocycles. The van der Waals surface area contributed by atoms with Crippen LogP contribution in [-0.2, 0) is 6.18 Å². The van der Waals surface area contributed by atoms with Crippen molar-refractivity contribution in [2.75, 3.05) is 0 Å². The van der Waals surface area contributed by atoms with Crippen LogP contribution in [0.15, 0.2) is 115 Å². The minimum atomic E-state index is -4.59. The Morgan fingerprint density at radius 1 is 0.612 bits per heavy atom. The molecule has 0 spiro atoms. The van der Waals surface area contributed by atoms with Crippen molar-refractivity contribution in [3.05, 3.63) is 155 Å². The lowest BCUT2D eigenvalue weighted by Crippen LogP contribution is -2.07. The molecule has 8 heteroatoms. The second kappa shape index (κ2) is 10.9. The molecule has 49 heavy (non-hydrogen) atoms. The van der Waals surface area contributed by atoms with Crippen molar-refractivity contribution in [1.82, 2.24) is 9.13 Å². The minimum Gasteiger partial charge on any atom is -0.310 e. The summed E-state index contributed by atoms with van der Waals surface area (Å²) >= 11 is 0. The summed E-state index contributed by atoms with van der Waals surface area (Å²) in [6.45, 7) is 17.0. The largest absolute Gasteiger partial charge is 0.416 e. The predicted octanol–water partition coefficient (Wildman–Crippen LogP) is 11.8. The molecule has 0 amide bonds. The van der Waals surface area contributed by atoms with Gasteiger partial charge in [0.15, 0.2) is 11.4 Å². The summed E-state index contributed by atoms with van der Waals surface area (Å²) in [6, 6.07) is 36.0.